The summed E-state index contributed by atoms with van der Waals surface area (Å²) in [4.78, 5) is 195. The zero-order chi connectivity index (χ0) is 70.6. The summed E-state index contributed by atoms with van der Waals surface area (Å²) in [6.07, 6.45) is -6.20. The van der Waals surface area contributed by atoms with Gasteiger partial charge in [-0.2, -0.15) is 0 Å². The molecular weight excluding hydrogens is 1220 g/mol. The van der Waals surface area contributed by atoms with Gasteiger partial charge in [0.15, 0.2) is 0 Å². The fraction of sp³-hybridized carbons (Fsp3) is 0.557. The van der Waals surface area contributed by atoms with E-state index in [4.69, 9.17) is 10.8 Å². The van der Waals surface area contributed by atoms with Gasteiger partial charge in [0.25, 0.3) is 0 Å². The molecule has 0 aliphatic carbocycles. The molecule has 0 heterocycles. The Hall–Kier alpha value is -9.75. The molecule has 93 heavy (non-hydrogen) atoms. The molecule has 0 aliphatic rings. The summed E-state index contributed by atoms with van der Waals surface area (Å²) in [5, 5.41) is 83.2. The normalized spacial score (nSPS) is 15.0. The molecule has 0 saturated carbocycles. The number of rotatable bonds is 41. The van der Waals surface area contributed by atoms with Crippen LogP contribution in [0.3, 0.4) is 0 Å². The van der Waals surface area contributed by atoms with Crippen LogP contribution in [-0.2, 0) is 84.8 Å². The van der Waals surface area contributed by atoms with Gasteiger partial charge in [0, 0.05) is 38.5 Å². The number of carboxylic acid groups (broad SMARTS) is 4. The van der Waals surface area contributed by atoms with Crippen LogP contribution in [0.5, 0.6) is 5.75 Å². The summed E-state index contributed by atoms with van der Waals surface area (Å²) in [7, 11) is 0. The number of nitrogens with two attached hydrogens (primary N) is 1. The van der Waals surface area contributed by atoms with Crippen molar-refractivity contribution >= 4 is 88.9 Å². The number of carboxylic acids is 4. The van der Waals surface area contributed by atoms with E-state index >= 15 is 0 Å². The molecule has 514 valence electrons. The van der Waals surface area contributed by atoms with Crippen LogP contribution in [0.1, 0.15) is 125 Å². The first-order valence-electron chi connectivity index (χ1n) is 30.1. The minimum absolute atomic E-state index is 0.0884. The third-order valence-electron chi connectivity index (χ3n) is 14.4. The maximum Gasteiger partial charge on any atom is 0.326 e. The van der Waals surface area contributed by atoms with E-state index in [2.05, 4.69) is 47.9 Å². The summed E-state index contributed by atoms with van der Waals surface area (Å²) >= 11 is 0. The van der Waals surface area contributed by atoms with Crippen LogP contribution in [0, 0.1) is 23.7 Å². The average Bonchev–Trinajstić information content (AvgIpc) is 0.946. The number of aliphatic hydroxyl groups is 1. The number of phenols is 1. The highest BCUT2D eigenvalue weighted by Gasteiger charge is 2.38. The Balaban J connectivity index is 2.43. The zero-order valence-electron chi connectivity index (χ0n) is 53.3. The number of phenolic OH excluding ortho intramolecular Hbond substituents is 1. The summed E-state index contributed by atoms with van der Waals surface area (Å²) < 4.78 is 0. The highest BCUT2D eigenvalue weighted by molar-refractivity contribution is 5.98. The Kier molecular flexibility index (Phi) is 33.1. The number of carbonyl (C=O) groups is 15. The van der Waals surface area contributed by atoms with Gasteiger partial charge < -0.3 is 89.5 Å². The van der Waals surface area contributed by atoms with E-state index in [-0.39, 0.29) is 43.8 Å². The summed E-state index contributed by atoms with van der Waals surface area (Å²) in [6.45, 7) is 13.5. The van der Waals surface area contributed by atoms with Crippen molar-refractivity contribution in [3.05, 3.63) is 65.7 Å². The Bertz CT molecular complexity index is 2960. The minimum Gasteiger partial charge on any atom is -0.508 e. The Morgan fingerprint density at radius 2 is 0.849 bits per heavy atom. The molecule has 12 atom stereocenters. The fourth-order valence-electron chi connectivity index (χ4n) is 9.34. The lowest BCUT2D eigenvalue weighted by molar-refractivity contribution is -0.147. The van der Waals surface area contributed by atoms with E-state index in [1.807, 2.05) is 5.32 Å². The Labute approximate surface area is 536 Å². The second kappa shape index (κ2) is 38.8. The third-order valence-corrected chi connectivity index (χ3v) is 14.4. The molecule has 0 bridgehead atoms. The van der Waals surface area contributed by atoms with Gasteiger partial charge >= 0.3 is 23.9 Å². The smallest absolute Gasteiger partial charge is 0.326 e. The number of aliphatic carboxylic acids is 4. The van der Waals surface area contributed by atoms with E-state index in [1.54, 1.807) is 71.9 Å². The van der Waals surface area contributed by atoms with Gasteiger partial charge in [-0.1, -0.05) is 90.9 Å². The van der Waals surface area contributed by atoms with Crippen LogP contribution < -0.4 is 58.9 Å². The fourth-order valence-corrected chi connectivity index (χ4v) is 9.34. The van der Waals surface area contributed by atoms with Crippen molar-refractivity contribution in [2.75, 3.05) is 0 Å². The molecule has 2 rings (SSSR count). The third kappa shape index (κ3) is 29.4. The largest absolute Gasteiger partial charge is 0.508 e. The molecule has 18 N–H and O–H groups in total. The second-order valence-corrected chi connectivity index (χ2v) is 23.7. The van der Waals surface area contributed by atoms with Crippen molar-refractivity contribution < 1.29 is 103 Å². The predicted molar refractivity (Wildman–Crippen MR) is 329 cm³/mol. The minimum atomic E-state index is -1.97. The number of carbonyl (C=O) groups excluding carboxylic acids is 11. The first kappa shape index (κ1) is 79.3. The van der Waals surface area contributed by atoms with E-state index < -0.39 is 205 Å². The molecule has 2 aromatic carbocycles. The lowest BCUT2D eigenvalue weighted by Crippen LogP contribution is -2.60. The van der Waals surface area contributed by atoms with Crippen LogP contribution in [-0.4, -0.2) is 186 Å². The van der Waals surface area contributed by atoms with Crippen molar-refractivity contribution in [1.29, 1.82) is 0 Å². The summed E-state index contributed by atoms with van der Waals surface area (Å²) in [5.41, 5.74) is 6.38. The number of aromatic hydroxyl groups is 1. The molecule has 0 fully saturated rings. The van der Waals surface area contributed by atoms with E-state index in [0.717, 1.165) is 6.92 Å². The zero-order valence-corrected chi connectivity index (χ0v) is 53.3. The monoisotopic (exact) mass is 1310 g/mol. The van der Waals surface area contributed by atoms with Gasteiger partial charge in [-0.15, -0.1) is 0 Å². The van der Waals surface area contributed by atoms with Gasteiger partial charge in [0.1, 0.15) is 60.1 Å². The van der Waals surface area contributed by atoms with Crippen molar-refractivity contribution in [2.24, 2.45) is 29.4 Å². The maximum absolute atomic E-state index is 14.6. The molecule has 0 aliphatic heterocycles. The number of primary amides is 1. The van der Waals surface area contributed by atoms with Crippen molar-refractivity contribution in [3.63, 3.8) is 0 Å². The van der Waals surface area contributed by atoms with E-state index in [1.165, 1.54) is 38.1 Å². The molecule has 0 saturated heterocycles. The summed E-state index contributed by atoms with van der Waals surface area (Å²) in [6, 6.07) is -1.47. The van der Waals surface area contributed by atoms with Crippen molar-refractivity contribution in [2.45, 2.75) is 193 Å². The Morgan fingerprint density at radius 1 is 0.430 bits per heavy atom. The van der Waals surface area contributed by atoms with Crippen LogP contribution in [0.4, 0.5) is 0 Å². The quantitative estimate of drug-likeness (QED) is 0.0341. The highest BCUT2D eigenvalue weighted by atomic mass is 16.4. The Morgan fingerprint density at radius 3 is 1.31 bits per heavy atom. The second-order valence-electron chi connectivity index (χ2n) is 23.7. The molecule has 0 spiro atoms. The van der Waals surface area contributed by atoms with Gasteiger partial charge in [-0.25, -0.2) is 4.79 Å². The first-order chi connectivity index (χ1) is 43.4. The number of aliphatic hydroxyl groups excluding tert-OH is 1. The van der Waals surface area contributed by atoms with Crippen LogP contribution in [0.2, 0.25) is 0 Å². The van der Waals surface area contributed by atoms with E-state index in [9.17, 15) is 97.5 Å². The van der Waals surface area contributed by atoms with E-state index in [0.29, 0.717) is 11.1 Å². The lowest BCUT2D eigenvalue weighted by atomic mass is 9.91. The van der Waals surface area contributed by atoms with Gasteiger partial charge in [-0.3, -0.25) is 67.1 Å². The standard InChI is InChI=1S/C61H89N11O21/c1-29(2)23-40(66-58(89)43(27-46(62)76)69-60(91)51(31(5)6)72-55(86)38(64-34(9)73)19-21-47(77)78)45(75)24-32(7)52(83)71-50(30(3)4)59(90)68-42(25-35-13-11-10-12-14-35)57(88)67-41(26-36-15-17-37(74)18-16-36)56(87)63-33(8)53(84)65-39(20-22-48(79)80)54(85)70-44(61(92)93)28-49(81)82/h10-18,29-33,38-45,50-51,74-75H,19-28H2,1-9H3,(H2,62,76)(H,63,87)(H,64,73)(H,65,84)(H,66,89)(H,67,88)(H,68,90)(H,69,91)(H,70,85)(H,71,83)(H,72,86)(H,77,78)(H,79,80)(H,81,82)(H,92,93)/t32-,33+,38+,39+,40+,41+,42+,43+,44+,45+,50+,51+/m1/s1. The van der Waals surface area contributed by atoms with Crippen LogP contribution >= 0.6 is 0 Å². The number of benzene rings is 2. The van der Waals surface area contributed by atoms with Gasteiger partial charge in [0.2, 0.25) is 65.0 Å². The van der Waals surface area contributed by atoms with Crippen LogP contribution in [0.15, 0.2) is 54.6 Å². The molecular formula is C61H89N11O21. The molecule has 32 heteroatoms. The molecule has 11 amide bonds. The number of hydrogen-bond donors (Lipinski definition) is 17. The number of nitrogens with one attached hydrogen (secondary N) is 10. The molecule has 0 aromatic heterocycles. The highest BCUT2D eigenvalue weighted by Crippen LogP contribution is 2.19. The van der Waals surface area contributed by atoms with Crippen molar-refractivity contribution in [1.82, 2.24) is 53.2 Å². The van der Waals surface area contributed by atoms with Gasteiger partial charge in [-0.05, 0) is 73.6 Å². The SMILES string of the molecule is CC(=O)N[C@@H](CCC(=O)O)C(=O)N[C@H](C(=O)N[C@@H](CC(N)=O)C(=O)N[C@@H](CC(C)C)[C@@H](O)C[C@@H](C)C(=O)N[C@H](C(=O)N[C@@H](Cc1ccccc1)C(=O)N[C@@H](Cc1ccc(O)cc1)C(=O)N[C@@H](C)C(=O)N[C@@H](CCC(=O)O)C(=O)N[C@@H](CC(=O)O)C(=O)O)C(C)C)C(C)C. The maximum atomic E-state index is 14.6. The molecule has 0 radical (unpaired) electrons. The van der Waals surface area contributed by atoms with Crippen molar-refractivity contribution in [3.8, 4) is 5.75 Å². The first-order valence-corrected chi connectivity index (χ1v) is 30.1. The summed E-state index contributed by atoms with van der Waals surface area (Å²) in [5.74, 6) is -19.2. The van der Waals surface area contributed by atoms with Gasteiger partial charge in [0.05, 0.1) is 25.0 Å². The molecule has 0 unspecified atom stereocenters. The number of hydrogen-bond acceptors (Lipinski definition) is 17. The lowest BCUT2D eigenvalue weighted by Gasteiger charge is -2.31. The molecule has 32 nitrogen and oxygen atoms in total. The molecule has 2 aromatic rings. The van der Waals surface area contributed by atoms with Crippen LogP contribution in [0.25, 0.3) is 0 Å². The number of amides is 11. The predicted octanol–water partition coefficient (Wildman–Crippen LogP) is -2.03. The topological polar surface area (TPSA) is 524 Å². The average molecular weight is 1310 g/mol.